The monoisotopic (exact) mass is 652 g/mol. The van der Waals surface area contributed by atoms with Crippen molar-refractivity contribution in [3.63, 3.8) is 0 Å². The van der Waals surface area contributed by atoms with Crippen LogP contribution in [0, 0.1) is 11.8 Å². The molecule has 2 aliphatic heterocycles. The Morgan fingerprint density at radius 3 is 1.62 bits per heavy atom. The van der Waals surface area contributed by atoms with Crippen LogP contribution in [0.4, 0.5) is 9.59 Å². The average molecular weight is 653 g/mol. The highest BCUT2D eigenvalue weighted by atomic mass is 16.6. The molecule has 2 aromatic rings. The summed E-state index contributed by atoms with van der Waals surface area (Å²) >= 11 is 0. The van der Waals surface area contributed by atoms with Gasteiger partial charge in [-0.15, -0.1) is 0 Å². The minimum Gasteiger partial charge on any atom is -0.493 e. The maximum Gasteiger partial charge on any atom is 0.410 e. The molecule has 4 aliphatic rings. The van der Waals surface area contributed by atoms with E-state index in [1.165, 1.54) is 25.7 Å². The molecule has 0 bridgehead atoms. The van der Waals surface area contributed by atoms with E-state index < -0.39 is 23.4 Å². The quantitative estimate of drug-likeness (QED) is 0.336. The maximum absolute atomic E-state index is 12.4. The molecule has 2 saturated carbocycles. The van der Waals surface area contributed by atoms with Crippen LogP contribution in [0.25, 0.3) is 0 Å². The van der Waals surface area contributed by atoms with Crippen LogP contribution in [0.2, 0.25) is 0 Å². The van der Waals surface area contributed by atoms with Gasteiger partial charge in [0, 0.05) is 20.2 Å². The first-order chi connectivity index (χ1) is 22.2. The highest BCUT2D eigenvalue weighted by molar-refractivity contribution is 5.69. The fraction of sp³-hybridized carbons (Fsp3) is 0.622. The second-order valence-electron chi connectivity index (χ2n) is 15.2. The Labute approximate surface area is 279 Å². The van der Waals surface area contributed by atoms with Gasteiger partial charge in [0.05, 0.1) is 32.4 Å². The van der Waals surface area contributed by atoms with Gasteiger partial charge in [-0.05, 0) is 126 Å². The Balaban J connectivity index is 0.000000185. The van der Waals surface area contributed by atoms with Gasteiger partial charge < -0.3 is 38.6 Å². The van der Waals surface area contributed by atoms with Crippen molar-refractivity contribution in [2.75, 3.05) is 33.4 Å². The number of methoxy groups -OCH3 is 1. The molecule has 2 heterocycles. The summed E-state index contributed by atoms with van der Waals surface area (Å²) in [6.45, 7) is 14.4. The number of benzene rings is 2. The number of hydrogen-bond donors (Lipinski definition) is 1. The van der Waals surface area contributed by atoms with Crippen molar-refractivity contribution < 1.29 is 38.4 Å². The minimum absolute atomic E-state index is 0.161. The van der Waals surface area contributed by atoms with E-state index >= 15 is 0 Å². The van der Waals surface area contributed by atoms with E-state index in [2.05, 4.69) is 6.07 Å². The molecule has 10 heteroatoms. The number of aliphatic hydroxyl groups excluding tert-OH is 1. The maximum atomic E-state index is 12.4. The third kappa shape index (κ3) is 10.2. The van der Waals surface area contributed by atoms with Crippen molar-refractivity contribution in [2.45, 2.75) is 104 Å². The number of fused-ring (bicyclic) bond motifs is 2. The third-order valence-corrected chi connectivity index (χ3v) is 8.40. The third-order valence-electron chi connectivity index (χ3n) is 8.40. The predicted octanol–water partition coefficient (Wildman–Crippen LogP) is 7.17. The van der Waals surface area contributed by atoms with E-state index in [1.807, 2.05) is 71.9 Å². The van der Waals surface area contributed by atoms with Gasteiger partial charge in [-0.2, -0.15) is 0 Å². The summed E-state index contributed by atoms with van der Waals surface area (Å²) in [6.07, 6.45) is 3.48. The lowest BCUT2D eigenvalue weighted by molar-refractivity contribution is 0.0000387. The van der Waals surface area contributed by atoms with Gasteiger partial charge in [0.15, 0.2) is 0 Å². The number of aliphatic hydroxyl groups is 1. The zero-order valence-corrected chi connectivity index (χ0v) is 29.0. The number of ether oxygens (including phenoxy) is 5. The van der Waals surface area contributed by atoms with Crippen LogP contribution in [0.1, 0.15) is 102 Å². The number of carbonyl (C=O) groups is 2. The van der Waals surface area contributed by atoms with Crippen molar-refractivity contribution in [2.24, 2.45) is 11.8 Å². The molecule has 2 aromatic carbocycles. The van der Waals surface area contributed by atoms with Gasteiger partial charge in [0.25, 0.3) is 0 Å². The normalized spacial score (nSPS) is 20.7. The molecule has 47 heavy (non-hydrogen) atoms. The number of β-amino-alcohol motifs (C(OH)–C–C–N with tert-alkyl or cyclic N) is 1. The molecule has 2 atom stereocenters. The van der Waals surface area contributed by atoms with Gasteiger partial charge in [-0.3, -0.25) is 0 Å². The number of hydrogen-bond acceptors (Lipinski definition) is 8. The van der Waals surface area contributed by atoms with E-state index in [0.29, 0.717) is 25.6 Å². The summed E-state index contributed by atoms with van der Waals surface area (Å²) in [7, 11) is 1.67. The molecule has 258 valence electrons. The fourth-order valence-electron chi connectivity index (χ4n) is 5.50. The van der Waals surface area contributed by atoms with E-state index in [1.54, 1.807) is 16.9 Å². The Hall–Kier alpha value is -3.50. The molecule has 2 fully saturated rings. The lowest BCUT2D eigenvalue weighted by Crippen LogP contribution is -2.41. The van der Waals surface area contributed by atoms with Crippen LogP contribution in [0.3, 0.4) is 0 Å². The van der Waals surface area contributed by atoms with Gasteiger partial charge in [-0.25, -0.2) is 9.59 Å². The molecule has 2 aliphatic carbocycles. The van der Waals surface area contributed by atoms with Gasteiger partial charge in [-0.1, -0.05) is 12.1 Å². The van der Waals surface area contributed by atoms with Crippen molar-refractivity contribution >= 4 is 12.2 Å². The molecule has 2 unspecified atom stereocenters. The Morgan fingerprint density at radius 2 is 1.17 bits per heavy atom. The van der Waals surface area contributed by atoms with Crippen LogP contribution < -0.4 is 9.47 Å². The highest BCUT2D eigenvalue weighted by Gasteiger charge is 2.33. The number of rotatable bonds is 7. The van der Waals surface area contributed by atoms with E-state index in [0.717, 1.165) is 52.9 Å². The highest BCUT2D eigenvalue weighted by Crippen LogP contribution is 2.35. The average Bonchev–Trinajstić information content (AvgIpc) is 3.93. The van der Waals surface area contributed by atoms with Crippen molar-refractivity contribution in [1.29, 1.82) is 0 Å². The molecule has 0 saturated heterocycles. The first kappa shape index (κ1) is 34.8. The molecular formula is C37H52N2O8. The summed E-state index contributed by atoms with van der Waals surface area (Å²) in [4.78, 5) is 27.8. The van der Waals surface area contributed by atoms with Crippen molar-refractivity contribution in [3.05, 3.63) is 58.7 Å². The second kappa shape index (κ2) is 14.3. The van der Waals surface area contributed by atoms with Crippen LogP contribution in [-0.4, -0.2) is 71.7 Å². The first-order valence-corrected chi connectivity index (χ1v) is 16.9. The van der Waals surface area contributed by atoms with E-state index in [9.17, 15) is 14.7 Å². The molecule has 10 nitrogen and oxygen atoms in total. The largest absolute Gasteiger partial charge is 0.493 e. The summed E-state index contributed by atoms with van der Waals surface area (Å²) < 4.78 is 28.1. The molecule has 0 radical (unpaired) electrons. The molecule has 2 amide bonds. The molecular weight excluding hydrogens is 600 g/mol. The standard InChI is InChI=1S/C19H27NO4.C18H25NO4/c1-19(2,3)24-18(21)20-10-14-7-8-15(23-12-13-5-6-13)9-16(14)17(11-20)22-4;1-18(2,3)23-17(21)19-9-13-6-7-14(22-11-12-4-5-12)8-15(13)16(20)10-19/h7-9,13,17H,5-6,10-12H2,1-4H3;6-8,12,16,20H,4-5,9-11H2,1-3H3. The van der Waals surface area contributed by atoms with Crippen molar-refractivity contribution in [1.82, 2.24) is 9.80 Å². The van der Waals surface area contributed by atoms with Gasteiger partial charge in [0.1, 0.15) is 28.8 Å². The van der Waals surface area contributed by atoms with Crippen LogP contribution >= 0.6 is 0 Å². The summed E-state index contributed by atoms with van der Waals surface area (Å²) in [5.74, 6) is 3.09. The smallest absolute Gasteiger partial charge is 0.410 e. The number of amides is 2. The minimum atomic E-state index is -0.712. The molecule has 1 N–H and O–H groups in total. The van der Waals surface area contributed by atoms with E-state index in [-0.39, 0.29) is 18.7 Å². The van der Waals surface area contributed by atoms with Crippen LogP contribution in [-0.2, 0) is 27.3 Å². The Bertz CT molecular complexity index is 1410. The lowest BCUT2D eigenvalue weighted by Gasteiger charge is -2.35. The molecule has 6 rings (SSSR count). The number of nitrogens with zero attached hydrogens (tertiary/aromatic N) is 2. The first-order valence-electron chi connectivity index (χ1n) is 16.9. The fourth-order valence-corrected chi connectivity index (χ4v) is 5.50. The summed E-state index contributed by atoms with van der Waals surface area (Å²) in [5.41, 5.74) is 2.93. The van der Waals surface area contributed by atoms with Crippen molar-refractivity contribution in [3.8, 4) is 11.5 Å². The zero-order valence-electron chi connectivity index (χ0n) is 29.0. The molecule has 0 aromatic heterocycles. The molecule has 0 spiro atoms. The van der Waals surface area contributed by atoms with Gasteiger partial charge >= 0.3 is 12.2 Å². The van der Waals surface area contributed by atoms with Crippen LogP contribution in [0.5, 0.6) is 11.5 Å². The second-order valence-corrected chi connectivity index (χ2v) is 15.2. The predicted molar refractivity (Wildman–Crippen MR) is 177 cm³/mol. The lowest BCUT2D eigenvalue weighted by atomic mass is 9.97. The van der Waals surface area contributed by atoms with Crippen LogP contribution in [0.15, 0.2) is 36.4 Å². The van der Waals surface area contributed by atoms with E-state index in [4.69, 9.17) is 23.7 Å². The zero-order chi connectivity index (χ0) is 33.9. The number of carbonyl (C=O) groups excluding carboxylic acids is 2. The topological polar surface area (TPSA) is 107 Å². The summed E-state index contributed by atoms with van der Waals surface area (Å²) in [6, 6.07) is 11.8. The Morgan fingerprint density at radius 1 is 0.723 bits per heavy atom. The SMILES string of the molecule is CC(C)(C)OC(=O)N1Cc2ccc(OCC3CC3)cc2C(O)C1.COC1CN(C(=O)OC(C)(C)C)Cc2ccc(OCC3CC3)cc21. The van der Waals surface area contributed by atoms with Gasteiger partial charge in [0.2, 0.25) is 0 Å². The Kier molecular flexibility index (Phi) is 10.6. The summed E-state index contributed by atoms with van der Waals surface area (Å²) in [5, 5.41) is 10.4.